The monoisotopic (exact) mass is 263 g/mol. The van der Waals surface area contributed by atoms with Crippen LogP contribution < -0.4 is 0 Å². The molecule has 1 aromatic carbocycles. The third-order valence-electron chi connectivity index (χ3n) is 3.25. The fourth-order valence-corrected chi connectivity index (χ4v) is 3.13. The lowest BCUT2D eigenvalue weighted by atomic mass is 10.1. The molecular weight excluding hydrogens is 242 g/mol. The fourth-order valence-electron chi connectivity index (χ4n) is 2.16. The average Bonchev–Trinajstić information content (AvgIpc) is 2.91. The van der Waals surface area contributed by atoms with Gasteiger partial charge in [0.2, 0.25) is 0 Å². The fraction of sp³-hybridized carbons (Fsp3) is 0.467. The molecule has 98 valence electrons. The van der Waals surface area contributed by atoms with Gasteiger partial charge in [-0.2, -0.15) is 0 Å². The van der Waals surface area contributed by atoms with E-state index in [1.165, 1.54) is 5.56 Å². The van der Waals surface area contributed by atoms with Crippen molar-refractivity contribution in [1.29, 1.82) is 0 Å². The SMILES string of the molecule is CN(CC[C@@H](O)C1CC=CS1)Cc1ccccc1. The number of allylic oxidation sites excluding steroid dienone is 1. The number of rotatable bonds is 6. The Morgan fingerprint density at radius 2 is 2.17 bits per heavy atom. The van der Waals surface area contributed by atoms with Gasteiger partial charge in [0.15, 0.2) is 0 Å². The van der Waals surface area contributed by atoms with Crippen LogP contribution in [0.2, 0.25) is 0 Å². The number of aliphatic hydroxyl groups excluding tert-OH is 1. The first kappa shape index (κ1) is 13.7. The van der Waals surface area contributed by atoms with Gasteiger partial charge in [0, 0.05) is 18.3 Å². The van der Waals surface area contributed by atoms with Crippen molar-refractivity contribution in [3.8, 4) is 0 Å². The zero-order chi connectivity index (χ0) is 12.8. The van der Waals surface area contributed by atoms with E-state index in [4.69, 9.17) is 0 Å². The first-order valence-corrected chi connectivity index (χ1v) is 7.41. The summed E-state index contributed by atoms with van der Waals surface area (Å²) >= 11 is 1.76. The first-order chi connectivity index (χ1) is 8.75. The first-order valence-electron chi connectivity index (χ1n) is 6.46. The molecule has 0 fully saturated rings. The molecule has 1 heterocycles. The molecule has 0 aliphatic carbocycles. The van der Waals surface area contributed by atoms with Crippen LogP contribution in [0, 0.1) is 0 Å². The molecule has 18 heavy (non-hydrogen) atoms. The van der Waals surface area contributed by atoms with E-state index in [9.17, 15) is 5.11 Å². The van der Waals surface area contributed by atoms with Crippen LogP contribution in [0.15, 0.2) is 41.8 Å². The highest BCUT2D eigenvalue weighted by atomic mass is 32.2. The Morgan fingerprint density at radius 1 is 1.39 bits per heavy atom. The Labute approximate surface area is 114 Å². The summed E-state index contributed by atoms with van der Waals surface area (Å²) in [5, 5.41) is 12.5. The number of benzene rings is 1. The zero-order valence-electron chi connectivity index (χ0n) is 10.8. The molecule has 1 aliphatic heterocycles. The summed E-state index contributed by atoms with van der Waals surface area (Å²) in [7, 11) is 2.11. The minimum atomic E-state index is -0.191. The number of nitrogens with zero attached hydrogens (tertiary/aromatic N) is 1. The lowest BCUT2D eigenvalue weighted by Gasteiger charge is -2.21. The van der Waals surface area contributed by atoms with Gasteiger partial charge in [0.05, 0.1) is 6.10 Å². The van der Waals surface area contributed by atoms with Crippen LogP contribution in [0.1, 0.15) is 18.4 Å². The van der Waals surface area contributed by atoms with E-state index in [0.717, 1.165) is 25.9 Å². The lowest BCUT2D eigenvalue weighted by molar-refractivity contribution is 0.144. The van der Waals surface area contributed by atoms with Crippen molar-refractivity contribution in [3.05, 3.63) is 47.4 Å². The normalized spacial score (nSPS) is 20.5. The molecular formula is C15H21NOS. The summed E-state index contributed by atoms with van der Waals surface area (Å²) in [5.41, 5.74) is 1.33. The van der Waals surface area contributed by atoms with Gasteiger partial charge in [-0.3, -0.25) is 0 Å². The second-order valence-corrected chi connectivity index (χ2v) is 6.01. The van der Waals surface area contributed by atoms with E-state index in [2.05, 4.69) is 47.7 Å². The Morgan fingerprint density at radius 3 is 2.83 bits per heavy atom. The molecule has 0 aromatic heterocycles. The average molecular weight is 263 g/mol. The molecule has 0 bridgehead atoms. The summed E-state index contributed by atoms with van der Waals surface area (Å²) in [6.45, 7) is 1.89. The Balaban J connectivity index is 1.69. The van der Waals surface area contributed by atoms with E-state index in [1.807, 2.05) is 6.07 Å². The molecule has 0 saturated carbocycles. The molecule has 1 aromatic rings. The third kappa shape index (κ3) is 4.16. The van der Waals surface area contributed by atoms with Crippen molar-refractivity contribution in [3.63, 3.8) is 0 Å². The molecule has 2 nitrogen and oxygen atoms in total. The lowest BCUT2D eigenvalue weighted by Crippen LogP contribution is -2.28. The van der Waals surface area contributed by atoms with Crippen LogP contribution in [0.5, 0.6) is 0 Å². The highest BCUT2D eigenvalue weighted by Gasteiger charge is 2.20. The van der Waals surface area contributed by atoms with Gasteiger partial charge in [0.25, 0.3) is 0 Å². The van der Waals surface area contributed by atoms with E-state index in [-0.39, 0.29) is 6.10 Å². The minimum Gasteiger partial charge on any atom is -0.392 e. The number of hydrogen-bond donors (Lipinski definition) is 1. The molecule has 1 aliphatic rings. The van der Waals surface area contributed by atoms with Crippen LogP contribution in [0.4, 0.5) is 0 Å². The standard InChI is InChI=1S/C15H21NOS/c1-16(12-13-6-3-2-4-7-13)10-9-14(17)15-8-5-11-18-15/h2-7,11,14-15,17H,8-10,12H2,1H3/t14-,15?/m1/s1. The summed E-state index contributed by atoms with van der Waals surface area (Å²) in [6, 6.07) is 10.5. The second kappa shape index (κ2) is 6.98. The van der Waals surface area contributed by atoms with Gasteiger partial charge in [-0.15, -0.1) is 11.8 Å². The molecule has 1 unspecified atom stereocenters. The molecule has 3 heteroatoms. The summed E-state index contributed by atoms with van der Waals surface area (Å²) in [6.07, 6.45) is 3.81. The minimum absolute atomic E-state index is 0.191. The van der Waals surface area contributed by atoms with E-state index in [1.54, 1.807) is 11.8 Å². The topological polar surface area (TPSA) is 23.5 Å². The van der Waals surface area contributed by atoms with Gasteiger partial charge >= 0.3 is 0 Å². The second-order valence-electron chi connectivity index (χ2n) is 4.86. The van der Waals surface area contributed by atoms with Gasteiger partial charge in [-0.1, -0.05) is 36.4 Å². The molecule has 0 spiro atoms. The van der Waals surface area contributed by atoms with Crippen LogP contribution in [-0.4, -0.2) is 35.0 Å². The number of aliphatic hydroxyl groups is 1. The summed E-state index contributed by atoms with van der Waals surface area (Å²) in [5.74, 6) is 0. The largest absolute Gasteiger partial charge is 0.392 e. The molecule has 0 amide bonds. The smallest absolute Gasteiger partial charge is 0.0677 e. The molecule has 2 rings (SSSR count). The van der Waals surface area contributed by atoms with E-state index in [0.29, 0.717) is 5.25 Å². The summed E-state index contributed by atoms with van der Waals surface area (Å²) < 4.78 is 0. The zero-order valence-corrected chi connectivity index (χ0v) is 11.6. The summed E-state index contributed by atoms with van der Waals surface area (Å²) in [4.78, 5) is 2.27. The van der Waals surface area contributed by atoms with Crippen molar-refractivity contribution >= 4 is 11.8 Å². The number of hydrogen-bond acceptors (Lipinski definition) is 3. The Bertz CT molecular complexity index is 371. The van der Waals surface area contributed by atoms with E-state index >= 15 is 0 Å². The van der Waals surface area contributed by atoms with Crippen LogP contribution in [0.25, 0.3) is 0 Å². The van der Waals surface area contributed by atoms with Gasteiger partial charge in [0.1, 0.15) is 0 Å². The predicted octanol–water partition coefficient (Wildman–Crippen LogP) is 2.89. The molecule has 1 N–H and O–H groups in total. The van der Waals surface area contributed by atoms with Crippen LogP contribution >= 0.6 is 11.8 Å². The maximum Gasteiger partial charge on any atom is 0.0677 e. The van der Waals surface area contributed by atoms with Gasteiger partial charge in [-0.05, 0) is 30.9 Å². The Hall–Kier alpha value is -0.770. The van der Waals surface area contributed by atoms with Crippen molar-refractivity contribution in [2.45, 2.75) is 30.7 Å². The molecule has 0 radical (unpaired) electrons. The van der Waals surface area contributed by atoms with Gasteiger partial charge < -0.3 is 10.0 Å². The van der Waals surface area contributed by atoms with E-state index < -0.39 is 0 Å². The van der Waals surface area contributed by atoms with Crippen LogP contribution in [0.3, 0.4) is 0 Å². The van der Waals surface area contributed by atoms with Crippen molar-refractivity contribution in [2.24, 2.45) is 0 Å². The van der Waals surface area contributed by atoms with Crippen molar-refractivity contribution in [2.75, 3.05) is 13.6 Å². The third-order valence-corrected chi connectivity index (χ3v) is 4.45. The number of thioether (sulfide) groups is 1. The van der Waals surface area contributed by atoms with Crippen molar-refractivity contribution in [1.82, 2.24) is 4.90 Å². The van der Waals surface area contributed by atoms with Gasteiger partial charge in [-0.25, -0.2) is 0 Å². The maximum absolute atomic E-state index is 10.1. The predicted molar refractivity (Wildman–Crippen MR) is 78.5 cm³/mol. The highest BCUT2D eigenvalue weighted by molar-refractivity contribution is 8.03. The molecule has 0 saturated heterocycles. The van der Waals surface area contributed by atoms with Crippen LogP contribution in [-0.2, 0) is 6.54 Å². The van der Waals surface area contributed by atoms with Crippen molar-refractivity contribution < 1.29 is 5.11 Å². The highest BCUT2D eigenvalue weighted by Crippen LogP contribution is 2.28. The quantitative estimate of drug-likeness (QED) is 0.853. The Kier molecular flexibility index (Phi) is 5.29. The molecule has 2 atom stereocenters. The maximum atomic E-state index is 10.1.